The molecule has 3 rings (SSSR count). The molecule has 1 amide bonds. The molecule has 1 aromatic carbocycles. The summed E-state index contributed by atoms with van der Waals surface area (Å²) in [6, 6.07) is 6.90. The number of benzene rings is 1. The Hall–Kier alpha value is -1.37. The van der Waals surface area contributed by atoms with Crippen molar-refractivity contribution in [2.24, 2.45) is 5.73 Å². The number of nitrogens with two attached hydrogens (primary N) is 1. The van der Waals surface area contributed by atoms with E-state index in [0.29, 0.717) is 24.2 Å². The Labute approximate surface area is 136 Å². The molecule has 1 atom stereocenters. The minimum atomic E-state index is -0.281. The van der Waals surface area contributed by atoms with E-state index in [2.05, 4.69) is 20.9 Å². The number of aromatic nitrogens is 1. The third kappa shape index (κ3) is 2.97. The number of carbonyl (C=O) groups excluding carboxylic acids is 1. The van der Waals surface area contributed by atoms with Gasteiger partial charge in [-0.2, -0.15) is 0 Å². The average molecular weight is 373 g/mol. The monoisotopic (exact) mass is 371 g/mol. The Kier molecular flexibility index (Phi) is 4.70. The minimum absolute atomic E-state index is 0. The number of amides is 1. The van der Waals surface area contributed by atoms with E-state index in [4.69, 9.17) is 5.73 Å². The molecule has 21 heavy (non-hydrogen) atoms. The van der Waals surface area contributed by atoms with Gasteiger partial charge in [0.15, 0.2) is 0 Å². The molecule has 7 heteroatoms. The van der Waals surface area contributed by atoms with E-state index >= 15 is 0 Å². The topological polar surface area (TPSA) is 79.2 Å². The second-order valence-electron chi connectivity index (χ2n) is 5.01. The number of aromatic amines is 1. The largest absolute Gasteiger partial charge is 0.337 e. The maximum absolute atomic E-state index is 12.6. The van der Waals surface area contributed by atoms with Gasteiger partial charge < -0.3 is 15.6 Å². The summed E-state index contributed by atoms with van der Waals surface area (Å²) in [6.45, 7) is 1.18. The van der Waals surface area contributed by atoms with E-state index in [1.54, 1.807) is 4.90 Å². The number of para-hydroxylation sites is 1. The molecule has 112 valence electrons. The molecule has 2 aromatic rings. The van der Waals surface area contributed by atoms with Gasteiger partial charge in [0.2, 0.25) is 5.56 Å². The van der Waals surface area contributed by atoms with Crippen LogP contribution in [0, 0.1) is 0 Å². The summed E-state index contributed by atoms with van der Waals surface area (Å²) in [5.74, 6) is -0.132. The van der Waals surface area contributed by atoms with Gasteiger partial charge in [-0.1, -0.05) is 12.1 Å². The second kappa shape index (κ2) is 6.17. The number of rotatable bonds is 1. The van der Waals surface area contributed by atoms with Crippen molar-refractivity contribution in [3.63, 3.8) is 0 Å². The highest BCUT2D eigenvalue weighted by Gasteiger charge is 2.26. The number of H-pyrrole nitrogens is 1. The molecule has 1 fully saturated rings. The van der Waals surface area contributed by atoms with Crippen molar-refractivity contribution in [3.8, 4) is 0 Å². The fourth-order valence-electron chi connectivity index (χ4n) is 2.56. The van der Waals surface area contributed by atoms with Gasteiger partial charge >= 0.3 is 0 Å². The fourth-order valence-corrected chi connectivity index (χ4v) is 3.03. The SMILES string of the molecule is Cl.N[C@@H]1CCN(C(=O)c2cc(=O)[nH]c3c(Br)cccc23)C1. The van der Waals surface area contributed by atoms with Gasteiger partial charge in [0.05, 0.1) is 11.1 Å². The van der Waals surface area contributed by atoms with E-state index in [0.717, 1.165) is 16.3 Å². The van der Waals surface area contributed by atoms with Crippen molar-refractivity contribution < 1.29 is 4.79 Å². The van der Waals surface area contributed by atoms with Crippen LogP contribution < -0.4 is 11.3 Å². The van der Waals surface area contributed by atoms with Crippen molar-refractivity contribution in [3.05, 3.63) is 44.7 Å². The van der Waals surface area contributed by atoms with Crippen molar-refractivity contribution in [2.45, 2.75) is 12.5 Å². The molecule has 0 radical (unpaired) electrons. The maximum Gasteiger partial charge on any atom is 0.254 e. The Morgan fingerprint density at radius 3 is 2.86 bits per heavy atom. The van der Waals surface area contributed by atoms with Crippen LogP contribution in [-0.4, -0.2) is 34.9 Å². The molecule has 3 N–H and O–H groups in total. The molecule has 5 nitrogen and oxygen atoms in total. The summed E-state index contributed by atoms with van der Waals surface area (Å²) >= 11 is 3.39. The lowest BCUT2D eigenvalue weighted by molar-refractivity contribution is 0.0792. The fraction of sp³-hybridized carbons (Fsp3) is 0.286. The number of carbonyl (C=O) groups is 1. The number of likely N-dealkylation sites (tertiary alicyclic amines) is 1. The number of nitrogens with one attached hydrogen (secondary N) is 1. The van der Waals surface area contributed by atoms with Crippen molar-refractivity contribution in [1.82, 2.24) is 9.88 Å². The van der Waals surface area contributed by atoms with E-state index in [-0.39, 0.29) is 29.9 Å². The van der Waals surface area contributed by atoms with Crippen LogP contribution in [-0.2, 0) is 0 Å². The Bertz CT molecular complexity index is 747. The van der Waals surface area contributed by atoms with Crippen molar-refractivity contribution in [2.75, 3.05) is 13.1 Å². The lowest BCUT2D eigenvalue weighted by Crippen LogP contribution is -2.32. The van der Waals surface area contributed by atoms with Crippen LogP contribution in [0.15, 0.2) is 33.5 Å². The second-order valence-corrected chi connectivity index (χ2v) is 5.86. The molecule has 1 aliphatic rings. The van der Waals surface area contributed by atoms with Crippen LogP contribution in [0.2, 0.25) is 0 Å². The first-order chi connectivity index (χ1) is 9.56. The molecule has 0 saturated carbocycles. The number of fused-ring (bicyclic) bond motifs is 1. The Balaban J connectivity index is 0.00000161. The van der Waals surface area contributed by atoms with Gasteiger partial charge in [0.25, 0.3) is 5.91 Å². The zero-order valence-corrected chi connectivity index (χ0v) is 13.5. The van der Waals surface area contributed by atoms with E-state index in [9.17, 15) is 9.59 Å². The lowest BCUT2D eigenvalue weighted by Gasteiger charge is -2.17. The third-order valence-electron chi connectivity index (χ3n) is 3.57. The molecule has 0 spiro atoms. The summed E-state index contributed by atoms with van der Waals surface area (Å²) < 4.78 is 0.764. The number of hydrogen-bond acceptors (Lipinski definition) is 3. The van der Waals surface area contributed by atoms with E-state index in [1.807, 2.05) is 18.2 Å². The Morgan fingerprint density at radius 2 is 2.19 bits per heavy atom. The van der Waals surface area contributed by atoms with Crippen LogP contribution in [0.1, 0.15) is 16.8 Å². The number of pyridine rings is 1. The van der Waals surface area contributed by atoms with Gasteiger partial charge in [0, 0.05) is 35.1 Å². The predicted molar refractivity (Wildman–Crippen MR) is 88.0 cm³/mol. The van der Waals surface area contributed by atoms with Crippen molar-refractivity contribution >= 4 is 45.1 Å². The number of hydrogen-bond donors (Lipinski definition) is 2. The van der Waals surface area contributed by atoms with E-state index in [1.165, 1.54) is 6.07 Å². The number of halogens is 2. The highest BCUT2D eigenvalue weighted by molar-refractivity contribution is 9.10. The smallest absolute Gasteiger partial charge is 0.254 e. The lowest BCUT2D eigenvalue weighted by atomic mass is 10.1. The molecule has 1 aliphatic heterocycles. The summed E-state index contributed by atoms with van der Waals surface area (Å²) in [5.41, 5.74) is 6.63. The molecule has 0 aliphatic carbocycles. The van der Waals surface area contributed by atoms with Crippen LogP contribution in [0.25, 0.3) is 10.9 Å². The molecule has 1 aromatic heterocycles. The molecule has 1 saturated heterocycles. The first kappa shape index (κ1) is 16.0. The molecule has 0 unspecified atom stereocenters. The minimum Gasteiger partial charge on any atom is -0.337 e. The highest BCUT2D eigenvalue weighted by atomic mass is 79.9. The number of nitrogens with zero attached hydrogens (tertiary/aromatic N) is 1. The highest BCUT2D eigenvalue weighted by Crippen LogP contribution is 2.24. The average Bonchev–Trinajstić information content (AvgIpc) is 2.85. The van der Waals surface area contributed by atoms with Crippen molar-refractivity contribution in [1.29, 1.82) is 0 Å². The summed E-state index contributed by atoms with van der Waals surface area (Å²) in [6.07, 6.45) is 0.802. The normalized spacial score (nSPS) is 17.8. The van der Waals surface area contributed by atoms with E-state index < -0.39 is 0 Å². The summed E-state index contributed by atoms with van der Waals surface area (Å²) in [7, 11) is 0. The van der Waals surface area contributed by atoms with Gasteiger partial charge in [-0.15, -0.1) is 12.4 Å². The van der Waals surface area contributed by atoms with Crippen LogP contribution in [0.3, 0.4) is 0 Å². The van der Waals surface area contributed by atoms with Gasteiger partial charge in [-0.05, 0) is 28.4 Å². The predicted octanol–water partition coefficient (Wildman–Crippen LogP) is 1.89. The van der Waals surface area contributed by atoms with Crippen LogP contribution in [0.5, 0.6) is 0 Å². The maximum atomic E-state index is 12.6. The first-order valence-electron chi connectivity index (χ1n) is 6.42. The molecule has 2 heterocycles. The zero-order valence-electron chi connectivity index (χ0n) is 11.1. The third-order valence-corrected chi connectivity index (χ3v) is 4.23. The standard InChI is InChI=1S/C14H14BrN3O2.ClH/c15-11-3-1-2-9-10(6-12(19)17-13(9)11)14(20)18-5-4-8(16)7-18;/h1-3,6,8H,4-5,7,16H2,(H,17,19);1H/t8-;/m1./s1. The van der Waals surface area contributed by atoms with Gasteiger partial charge in [-0.3, -0.25) is 9.59 Å². The van der Waals surface area contributed by atoms with Crippen LogP contribution >= 0.6 is 28.3 Å². The van der Waals surface area contributed by atoms with Crippen LogP contribution in [0.4, 0.5) is 0 Å². The van der Waals surface area contributed by atoms with Gasteiger partial charge in [-0.25, -0.2) is 0 Å². The zero-order chi connectivity index (χ0) is 14.3. The molecular weight excluding hydrogens is 358 g/mol. The Morgan fingerprint density at radius 1 is 1.43 bits per heavy atom. The molecule has 0 bridgehead atoms. The summed E-state index contributed by atoms with van der Waals surface area (Å²) in [5, 5.41) is 0.740. The quantitative estimate of drug-likeness (QED) is 0.802. The summed E-state index contributed by atoms with van der Waals surface area (Å²) in [4.78, 5) is 28.8. The van der Waals surface area contributed by atoms with Gasteiger partial charge in [0.1, 0.15) is 0 Å². The molecular formula is C14H15BrClN3O2. The first-order valence-corrected chi connectivity index (χ1v) is 7.22.